The number of carbonyl (C=O) groups excluding carboxylic acids is 1. The van der Waals surface area contributed by atoms with Gasteiger partial charge in [-0.25, -0.2) is 22.8 Å². The first-order valence-electron chi connectivity index (χ1n) is 9.97. The number of anilines is 1. The summed E-state index contributed by atoms with van der Waals surface area (Å²) in [5, 5.41) is 1.94. The topological polar surface area (TPSA) is 121 Å². The van der Waals surface area contributed by atoms with Gasteiger partial charge in [-0.2, -0.15) is 0 Å². The van der Waals surface area contributed by atoms with Gasteiger partial charge in [-0.15, -0.1) is 16.2 Å². The maximum atomic E-state index is 12.9. The third-order valence-corrected chi connectivity index (χ3v) is 8.09. The molecule has 9 nitrogen and oxygen atoms in total. The van der Waals surface area contributed by atoms with Crippen LogP contribution in [0.25, 0.3) is 26.7 Å². The van der Waals surface area contributed by atoms with Crippen LogP contribution in [0.15, 0.2) is 92.7 Å². The molecule has 0 aliphatic carbocycles. The predicted molar refractivity (Wildman–Crippen MR) is 131 cm³/mol. The lowest BCUT2D eigenvalue weighted by Crippen LogP contribution is -2.41. The van der Waals surface area contributed by atoms with Gasteiger partial charge in [0, 0.05) is 4.70 Å². The van der Waals surface area contributed by atoms with Gasteiger partial charge >= 0.3 is 5.69 Å². The molecular weight excluding hydrogens is 476 g/mol. The molecule has 2 aromatic heterocycles. The summed E-state index contributed by atoms with van der Waals surface area (Å²) < 4.78 is 27.5. The second kappa shape index (κ2) is 8.37. The number of hydrogen-bond donors (Lipinski definition) is 2. The number of benzene rings is 3. The van der Waals surface area contributed by atoms with Crippen molar-refractivity contribution in [1.29, 1.82) is 0 Å². The highest BCUT2D eigenvalue weighted by molar-refractivity contribution is 7.91. The Morgan fingerprint density at radius 2 is 1.65 bits per heavy atom. The number of fused-ring (bicyclic) bond motifs is 2. The van der Waals surface area contributed by atoms with E-state index in [0.717, 1.165) is 31.0 Å². The Balaban J connectivity index is 1.46. The van der Waals surface area contributed by atoms with Crippen LogP contribution in [0.1, 0.15) is 0 Å². The molecule has 0 saturated heterocycles. The van der Waals surface area contributed by atoms with E-state index >= 15 is 0 Å². The van der Waals surface area contributed by atoms with Gasteiger partial charge in [-0.05, 0) is 53.9 Å². The molecule has 1 amide bonds. The average molecular weight is 493 g/mol. The minimum atomic E-state index is -4.03. The molecular formula is C23H16N4O5S2. The SMILES string of the molecule is O=CN(NS(=O)(=O)c1cc2ccccc2s1)c1ccc(-n2c(=O)[nH]c3ccccc3c2=O)cc1. The van der Waals surface area contributed by atoms with E-state index in [1.165, 1.54) is 30.3 Å². The largest absolute Gasteiger partial charge is 0.333 e. The highest BCUT2D eigenvalue weighted by atomic mass is 32.2. The molecule has 0 aliphatic heterocycles. The van der Waals surface area contributed by atoms with E-state index in [9.17, 15) is 22.8 Å². The fourth-order valence-electron chi connectivity index (χ4n) is 3.56. The minimum Gasteiger partial charge on any atom is -0.306 e. The molecule has 2 heterocycles. The van der Waals surface area contributed by atoms with E-state index in [-0.39, 0.29) is 15.6 Å². The van der Waals surface area contributed by atoms with Gasteiger partial charge in [0.15, 0.2) is 0 Å². The first-order valence-corrected chi connectivity index (χ1v) is 12.3. The zero-order valence-corrected chi connectivity index (χ0v) is 19.0. The Hall–Kier alpha value is -4.06. The Labute approximate surface area is 196 Å². The number of nitrogens with zero attached hydrogens (tertiary/aromatic N) is 2. The number of rotatable bonds is 6. The van der Waals surface area contributed by atoms with Gasteiger partial charge in [-0.3, -0.25) is 9.59 Å². The smallest absolute Gasteiger partial charge is 0.306 e. The first-order chi connectivity index (χ1) is 16.4. The summed E-state index contributed by atoms with van der Waals surface area (Å²) in [5.41, 5.74) is -0.222. The van der Waals surface area contributed by atoms with Gasteiger partial charge in [-0.1, -0.05) is 30.3 Å². The molecule has 0 spiro atoms. The van der Waals surface area contributed by atoms with Crippen molar-refractivity contribution in [3.63, 3.8) is 0 Å². The summed E-state index contributed by atoms with van der Waals surface area (Å²) in [7, 11) is -4.03. The molecule has 170 valence electrons. The van der Waals surface area contributed by atoms with Crippen molar-refractivity contribution in [3.05, 3.63) is 99.7 Å². The summed E-state index contributed by atoms with van der Waals surface area (Å²) in [6.07, 6.45) is 0.328. The molecule has 0 fully saturated rings. The number of hydrogen-bond acceptors (Lipinski definition) is 6. The van der Waals surface area contributed by atoms with Crippen LogP contribution in [-0.4, -0.2) is 24.4 Å². The van der Waals surface area contributed by atoms with Crippen molar-refractivity contribution >= 4 is 54.4 Å². The van der Waals surface area contributed by atoms with Gasteiger partial charge in [0.05, 0.1) is 22.3 Å². The normalized spacial score (nSPS) is 11.6. The van der Waals surface area contributed by atoms with E-state index in [0.29, 0.717) is 17.3 Å². The predicted octanol–water partition coefficient (Wildman–Crippen LogP) is 2.75. The van der Waals surface area contributed by atoms with Crippen LogP contribution >= 0.6 is 11.3 Å². The summed E-state index contributed by atoms with van der Waals surface area (Å²) in [6.45, 7) is 0. The van der Waals surface area contributed by atoms with Gasteiger partial charge in [0.1, 0.15) is 4.21 Å². The molecule has 0 radical (unpaired) electrons. The number of para-hydroxylation sites is 1. The number of H-pyrrole nitrogens is 1. The number of sulfonamides is 1. The van der Waals surface area contributed by atoms with E-state index in [2.05, 4.69) is 9.82 Å². The van der Waals surface area contributed by atoms with E-state index in [1.807, 2.05) is 18.2 Å². The molecule has 5 aromatic rings. The molecule has 0 saturated carbocycles. The highest BCUT2D eigenvalue weighted by Crippen LogP contribution is 2.29. The Morgan fingerprint density at radius 1 is 0.941 bits per heavy atom. The Kier molecular flexibility index (Phi) is 5.36. The third kappa shape index (κ3) is 3.81. The van der Waals surface area contributed by atoms with Crippen LogP contribution in [0, 0.1) is 0 Å². The number of thiophene rings is 1. The maximum absolute atomic E-state index is 12.9. The number of nitrogens with one attached hydrogen (secondary N) is 2. The molecule has 34 heavy (non-hydrogen) atoms. The van der Waals surface area contributed by atoms with Crippen LogP contribution in [-0.2, 0) is 14.8 Å². The van der Waals surface area contributed by atoms with Crippen LogP contribution in [0.4, 0.5) is 5.69 Å². The zero-order chi connectivity index (χ0) is 23.9. The molecule has 0 bridgehead atoms. The summed E-state index contributed by atoms with van der Waals surface area (Å²) in [6, 6.07) is 21.2. The Bertz CT molecular complexity index is 1740. The molecule has 0 atom stereocenters. The average Bonchev–Trinajstić information content (AvgIpc) is 3.29. The highest BCUT2D eigenvalue weighted by Gasteiger charge is 2.21. The molecule has 11 heteroatoms. The van der Waals surface area contributed by atoms with Crippen molar-refractivity contribution in [2.75, 3.05) is 5.01 Å². The van der Waals surface area contributed by atoms with Crippen molar-refractivity contribution < 1.29 is 13.2 Å². The maximum Gasteiger partial charge on any atom is 0.333 e. The minimum absolute atomic E-state index is 0.0615. The van der Waals surface area contributed by atoms with Crippen LogP contribution < -0.4 is 21.1 Å². The summed E-state index contributed by atoms with van der Waals surface area (Å²) in [4.78, 5) is 41.9. The monoisotopic (exact) mass is 492 g/mol. The van der Waals surface area contributed by atoms with Crippen molar-refractivity contribution in [2.24, 2.45) is 0 Å². The number of aromatic nitrogens is 2. The fraction of sp³-hybridized carbons (Fsp3) is 0. The zero-order valence-electron chi connectivity index (χ0n) is 17.3. The van der Waals surface area contributed by atoms with E-state index in [1.54, 1.807) is 30.3 Å². The summed E-state index contributed by atoms with van der Waals surface area (Å²) in [5.74, 6) is 0. The van der Waals surface area contributed by atoms with Crippen molar-refractivity contribution in [3.8, 4) is 5.69 Å². The lowest BCUT2D eigenvalue weighted by atomic mass is 10.2. The molecule has 5 rings (SSSR count). The number of aromatic amines is 1. The van der Waals surface area contributed by atoms with Crippen LogP contribution in [0.2, 0.25) is 0 Å². The number of hydrazine groups is 1. The number of amides is 1. The van der Waals surface area contributed by atoms with E-state index < -0.39 is 21.3 Å². The standard InChI is InChI=1S/C23H16N4O5S2/c28-14-26(25-34(31,32)21-13-15-5-1-4-8-20(15)33-21)16-9-11-17(12-10-16)27-22(29)18-6-2-3-7-19(18)24-23(27)30/h1-14,25H,(H,24,30). The number of carbonyl (C=O) groups is 1. The van der Waals surface area contributed by atoms with Crippen LogP contribution in [0.3, 0.4) is 0 Å². The molecule has 2 N–H and O–H groups in total. The second-order valence-electron chi connectivity index (χ2n) is 7.31. The lowest BCUT2D eigenvalue weighted by molar-refractivity contribution is -0.107. The van der Waals surface area contributed by atoms with E-state index in [4.69, 9.17) is 0 Å². The van der Waals surface area contributed by atoms with Crippen molar-refractivity contribution in [1.82, 2.24) is 14.4 Å². The lowest BCUT2D eigenvalue weighted by Gasteiger charge is -2.18. The molecule has 3 aromatic carbocycles. The van der Waals surface area contributed by atoms with Gasteiger partial charge in [0.25, 0.3) is 15.6 Å². The Morgan fingerprint density at radius 3 is 2.38 bits per heavy atom. The third-order valence-electron chi connectivity index (χ3n) is 5.18. The van der Waals surface area contributed by atoms with Gasteiger partial charge < -0.3 is 4.98 Å². The summed E-state index contributed by atoms with van der Waals surface area (Å²) >= 11 is 1.09. The van der Waals surface area contributed by atoms with Gasteiger partial charge in [0.2, 0.25) is 6.41 Å². The second-order valence-corrected chi connectivity index (χ2v) is 10.3. The van der Waals surface area contributed by atoms with Crippen molar-refractivity contribution in [2.45, 2.75) is 4.21 Å². The van der Waals surface area contributed by atoms with Crippen LogP contribution in [0.5, 0.6) is 0 Å². The quantitative estimate of drug-likeness (QED) is 0.279. The fourth-order valence-corrected chi connectivity index (χ4v) is 5.95. The molecule has 0 unspecified atom stereocenters. The first kappa shape index (κ1) is 21.8. The molecule has 0 aliphatic rings.